The van der Waals surface area contributed by atoms with Crippen LogP contribution in [0.15, 0.2) is 42.5 Å². The van der Waals surface area contributed by atoms with Crippen LogP contribution in [0.5, 0.6) is 0 Å². The number of nitrogens with two attached hydrogens (primary N) is 2. The summed E-state index contributed by atoms with van der Waals surface area (Å²) in [6.45, 7) is 6.83. The molecule has 7 heteroatoms. The Hall–Kier alpha value is -2.77. The minimum absolute atomic E-state index is 0.0408. The van der Waals surface area contributed by atoms with Gasteiger partial charge in [-0.1, -0.05) is 56.7 Å². The predicted octanol–water partition coefficient (Wildman–Crippen LogP) is 3.69. The zero-order chi connectivity index (χ0) is 25.6. The molecule has 2 aromatic carbocycles. The molecule has 2 unspecified atom stereocenters. The van der Waals surface area contributed by atoms with Crippen LogP contribution in [0.25, 0.3) is 11.1 Å². The number of aryl methyl sites for hydroxylation is 1. The fraction of sp³-hybridized carbons (Fsp3) is 0.464. The van der Waals surface area contributed by atoms with Crippen LogP contribution in [0.1, 0.15) is 56.6 Å². The van der Waals surface area contributed by atoms with Crippen LogP contribution in [0.4, 0.5) is 4.39 Å². The molecular weight excluding hydrogens is 445 g/mol. The predicted molar refractivity (Wildman–Crippen MR) is 135 cm³/mol. The molecule has 3 atom stereocenters. The number of hydrogen-bond donors (Lipinski definition) is 3. The van der Waals surface area contributed by atoms with Crippen LogP contribution in [-0.4, -0.2) is 41.0 Å². The minimum Gasteiger partial charge on any atom is -0.385 e. The lowest BCUT2D eigenvalue weighted by atomic mass is 9.72. The maximum absolute atomic E-state index is 15.3. The summed E-state index contributed by atoms with van der Waals surface area (Å²) in [7, 11) is 0. The van der Waals surface area contributed by atoms with E-state index in [1.165, 1.54) is 6.07 Å². The van der Waals surface area contributed by atoms with E-state index in [1.807, 2.05) is 31.2 Å². The number of primary amides is 1. The molecule has 0 aromatic heterocycles. The molecule has 1 radical (unpaired) electrons. The van der Waals surface area contributed by atoms with Gasteiger partial charge in [-0.15, -0.1) is 0 Å². The van der Waals surface area contributed by atoms with Crippen LogP contribution >= 0.6 is 0 Å². The van der Waals surface area contributed by atoms with Gasteiger partial charge in [0.1, 0.15) is 5.82 Å². The summed E-state index contributed by atoms with van der Waals surface area (Å²) in [5.41, 5.74) is 12.6. The number of piperidine rings is 1. The Kier molecular flexibility index (Phi) is 9.03. The quantitative estimate of drug-likeness (QED) is 0.480. The van der Waals surface area contributed by atoms with E-state index < -0.39 is 23.4 Å². The second-order valence-corrected chi connectivity index (χ2v) is 9.48. The van der Waals surface area contributed by atoms with Crippen molar-refractivity contribution >= 4 is 11.8 Å². The smallest absolute Gasteiger partial charge is 0.239 e. The number of amides is 2. The number of nitrogens with zero attached hydrogens (tertiary/aromatic N) is 1. The largest absolute Gasteiger partial charge is 0.385 e. The summed E-state index contributed by atoms with van der Waals surface area (Å²) in [6, 6.07) is 11.7. The van der Waals surface area contributed by atoms with E-state index in [-0.39, 0.29) is 24.7 Å². The number of hydrogen-bond acceptors (Lipinski definition) is 4. The summed E-state index contributed by atoms with van der Waals surface area (Å²) in [6.07, 6.45) is 3.19. The van der Waals surface area contributed by atoms with Crippen molar-refractivity contribution in [3.8, 4) is 11.1 Å². The first-order chi connectivity index (χ1) is 16.7. The fourth-order valence-corrected chi connectivity index (χ4v) is 5.18. The van der Waals surface area contributed by atoms with E-state index in [9.17, 15) is 14.7 Å². The maximum atomic E-state index is 15.3. The minimum atomic E-state index is -1.38. The summed E-state index contributed by atoms with van der Waals surface area (Å²) >= 11 is 0. The van der Waals surface area contributed by atoms with Gasteiger partial charge in [-0.2, -0.15) is 0 Å². The van der Waals surface area contributed by atoms with E-state index >= 15 is 4.39 Å². The van der Waals surface area contributed by atoms with E-state index in [0.29, 0.717) is 49.9 Å². The second-order valence-electron chi connectivity index (χ2n) is 9.48. The number of rotatable bonds is 10. The van der Waals surface area contributed by atoms with E-state index in [1.54, 1.807) is 17.0 Å². The van der Waals surface area contributed by atoms with Crippen LogP contribution in [0.2, 0.25) is 0 Å². The average molecular weight is 483 g/mol. The monoisotopic (exact) mass is 482 g/mol. The number of aliphatic hydroxyl groups is 1. The molecule has 35 heavy (non-hydrogen) atoms. The summed E-state index contributed by atoms with van der Waals surface area (Å²) < 4.78 is 15.3. The third-order valence-corrected chi connectivity index (χ3v) is 7.09. The first kappa shape index (κ1) is 26.8. The maximum Gasteiger partial charge on any atom is 0.239 e. The van der Waals surface area contributed by atoms with Gasteiger partial charge in [0.2, 0.25) is 11.8 Å². The molecule has 0 spiro atoms. The first-order valence-corrected chi connectivity index (χ1v) is 12.4. The Morgan fingerprint density at radius 1 is 1.29 bits per heavy atom. The van der Waals surface area contributed by atoms with Crippen molar-refractivity contribution in [2.75, 3.05) is 13.1 Å². The highest BCUT2D eigenvalue weighted by Gasteiger charge is 2.43. The number of likely N-dealkylation sites (tertiary alicyclic amines) is 1. The highest BCUT2D eigenvalue weighted by atomic mass is 19.1. The molecule has 1 heterocycles. The highest BCUT2D eigenvalue weighted by Crippen LogP contribution is 2.44. The molecule has 1 aliphatic heterocycles. The molecule has 0 saturated carbocycles. The molecule has 2 aromatic rings. The van der Waals surface area contributed by atoms with Crippen molar-refractivity contribution in [3.63, 3.8) is 0 Å². The molecule has 2 amide bonds. The van der Waals surface area contributed by atoms with Gasteiger partial charge in [-0.05, 0) is 54.9 Å². The molecule has 0 aliphatic carbocycles. The molecule has 189 valence electrons. The Balaban J connectivity index is 1.97. The lowest BCUT2D eigenvalue weighted by Gasteiger charge is -2.44. The molecule has 3 rings (SSSR count). The standard InChI is InChI=1S/C28H37FN3O3/c1-3-15-28(35,21-10-7-16-32(18-21)27(34)24(30)13-14-25(31)33)22-11-6-12-23(29)26(22)20-9-5-8-19(4-2)17-20/h5-6,8-9,11-12,17,21,24,35H,1,3-4,7,10,13-16,18,30H2,2H3,(H2,31,33)/t21?,24-,28?/m1/s1. The zero-order valence-electron chi connectivity index (χ0n) is 20.5. The lowest BCUT2D eigenvalue weighted by molar-refractivity contribution is -0.138. The van der Waals surface area contributed by atoms with Gasteiger partial charge < -0.3 is 21.5 Å². The van der Waals surface area contributed by atoms with Crippen molar-refractivity contribution in [3.05, 3.63) is 66.3 Å². The van der Waals surface area contributed by atoms with Gasteiger partial charge in [0.15, 0.2) is 0 Å². The Labute approximate surface area is 207 Å². The molecule has 0 bridgehead atoms. The number of benzene rings is 2. The third-order valence-electron chi connectivity index (χ3n) is 7.09. The van der Waals surface area contributed by atoms with Crippen molar-refractivity contribution in [1.82, 2.24) is 4.90 Å². The molecule has 1 saturated heterocycles. The third kappa shape index (κ3) is 6.08. The number of carbonyl (C=O) groups excluding carboxylic acids is 2. The number of halogens is 1. The van der Waals surface area contributed by atoms with Crippen LogP contribution in [-0.2, 0) is 21.6 Å². The molecule has 6 nitrogen and oxygen atoms in total. The summed E-state index contributed by atoms with van der Waals surface area (Å²) in [5, 5.41) is 12.2. The normalized spacial score (nSPS) is 18.7. The first-order valence-electron chi connectivity index (χ1n) is 12.4. The van der Waals surface area contributed by atoms with Crippen molar-refractivity contribution in [2.24, 2.45) is 17.4 Å². The topological polar surface area (TPSA) is 110 Å². The fourth-order valence-electron chi connectivity index (χ4n) is 5.18. The van der Waals surface area contributed by atoms with Crippen LogP contribution in [0, 0.1) is 18.7 Å². The summed E-state index contributed by atoms with van der Waals surface area (Å²) in [4.78, 5) is 25.7. The van der Waals surface area contributed by atoms with Gasteiger partial charge in [0.05, 0.1) is 11.6 Å². The Morgan fingerprint density at radius 3 is 2.71 bits per heavy atom. The van der Waals surface area contributed by atoms with E-state index in [0.717, 1.165) is 17.5 Å². The van der Waals surface area contributed by atoms with Gasteiger partial charge in [-0.25, -0.2) is 4.39 Å². The SMILES string of the molecule is [CH2]CCC(O)(c1cccc(F)c1-c1cccc(CC)c1)C1CCCN(C(=O)[C@H](N)CCC(N)=O)C1. The number of carbonyl (C=O) groups is 2. The highest BCUT2D eigenvalue weighted by molar-refractivity contribution is 5.83. The van der Waals surface area contributed by atoms with Gasteiger partial charge in [0.25, 0.3) is 0 Å². The average Bonchev–Trinajstić information content (AvgIpc) is 2.86. The van der Waals surface area contributed by atoms with Crippen LogP contribution in [0.3, 0.4) is 0 Å². The lowest BCUT2D eigenvalue weighted by Crippen LogP contribution is -2.52. The molecule has 5 N–H and O–H groups in total. The van der Waals surface area contributed by atoms with Gasteiger partial charge in [0, 0.05) is 31.0 Å². The molecule has 1 fully saturated rings. The van der Waals surface area contributed by atoms with E-state index in [2.05, 4.69) is 6.92 Å². The Morgan fingerprint density at radius 2 is 2.03 bits per heavy atom. The van der Waals surface area contributed by atoms with Crippen molar-refractivity contribution < 1.29 is 19.1 Å². The van der Waals surface area contributed by atoms with Gasteiger partial charge >= 0.3 is 0 Å². The molecule has 1 aliphatic rings. The van der Waals surface area contributed by atoms with Crippen molar-refractivity contribution in [2.45, 2.75) is 63.5 Å². The zero-order valence-corrected chi connectivity index (χ0v) is 20.5. The Bertz CT molecular complexity index is 1040. The second kappa shape index (κ2) is 11.8. The van der Waals surface area contributed by atoms with Crippen LogP contribution < -0.4 is 11.5 Å². The van der Waals surface area contributed by atoms with E-state index in [4.69, 9.17) is 11.5 Å². The summed E-state index contributed by atoms with van der Waals surface area (Å²) in [5.74, 6) is -1.47. The van der Waals surface area contributed by atoms with Crippen molar-refractivity contribution in [1.29, 1.82) is 0 Å². The molecular formula is C28H37FN3O3. The van der Waals surface area contributed by atoms with Gasteiger partial charge in [-0.3, -0.25) is 9.59 Å².